The molecule has 0 aromatic heterocycles. The summed E-state index contributed by atoms with van der Waals surface area (Å²) >= 11 is 6.60. The monoisotopic (exact) mass is 573 g/mol. The summed E-state index contributed by atoms with van der Waals surface area (Å²) in [5, 5.41) is 9.84. The number of aromatic carboxylic acids is 1. The predicted molar refractivity (Wildman–Crippen MR) is 154 cm³/mol. The molecule has 0 heterocycles. The van der Waals surface area contributed by atoms with E-state index in [1.54, 1.807) is 24.3 Å². The van der Waals surface area contributed by atoms with Gasteiger partial charge in [-0.1, -0.05) is 57.0 Å². The quantitative estimate of drug-likeness (QED) is 0.335. The molecule has 8 heteroatoms. The van der Waals surface area contributed by atoms with Crippen molar-refractivity contribution in [3.63, 3.8) is 0 Å². The maximum Gasteiger partial charge on any atom is 0.335 e. The van der Waals surface area contributed by atoms with E-state index in [4.69, 9.17) is 16.3 Å². The number of hydrogen-bond donors (Lipinski definition) is 2. The van der Waals surface area contributed by atoms with Crippen LogP contribution in [0.2, 0.25) is 5.02 Å². The molecule has 6 nitrogen and oxygen atoms in total. The minimum atomic E-state index is -4.00. The third kappa shape index (κ3) is 5.95. The number of carboxylic acids is 1. The molecule has 0 radical (unpaired) electrons. The SMILES string of the molecule is CCC12CCCCCC1C(COc1ccc(NS(=O)(=O)c3cc(C(=O)O)cc4c3CCC4)cc1Cl)CCCC2. The molecule has 2 fully saturated rings. The molecule has 2 aromatic rings. The molecule has 2 saturated carbocycles. The zero-order valence-corrected chi connectivity index (χ0v) is 24.4. The van der Waals surface area contributed by atoms with Crippen LogP contribution in [0.25, 0.3) is 0 Å². The second-order valence-electron chi connectivity index (χ2n) is 11.8. The Balaban J connectivity index is 1.31. The van der Waals surface area contributed by atoms with Gasteiger partial charge in [-0.2, -0.15) is 0 Å². The third-order valence-corrected chi connectivity index (χ3v) is 11.3. The summed E-state index contributed by atoms with van der Waals surface area (Å²) in [4.78, 5) is 11.6. The lowest BCUT2D eigenvalue weighted by molar-refractivity contribution is 0.0582. The number of aryl methyl sites for hydroxylation is 1. The molecule has 3 atom stereocenters. The second-order valence-corrected chi connectivity index (χ2v) is 13.8. The minimum Gasteiger partial charge on any atom is -0.492 e. The molecule has 0 saturated heterocycles. The molecule has 2 aromatic carbocycles. The maximum absolute atomic E-state index is 13.3. The summed E-state index contributed by atoms with van der Waals surface area (Å²) in [6.07, 6.45) is 15.0. The molecule has 0 bridgehead atoms. The zero-order valence-electron chi connectivity index (χ0n) is 22.8. The van der Waals surface area contributed by atoms with Gasteiger partial charge in [-0.05, 0) is 104 Å². The minimum absolute atomic E-state index is 0.0166. The Hall–Kier alpha value is -2.25. The summed E-state index contributed by atoms with van der Waals surface area (Å²) in [6.45, 7) is 3.00. The van der Waals surface area contributed by atoms with Crippen molar-refractivity contribution in [2.24, 2.45) is 17.3 Å². The van der Waals surface area contributed by atoms with Crippen molar-refractivity contribution in [1.29, 1.82) is 0 Å². The summed E-state index contributed by atoms with van der Waals surface area (Å²) in [6, 6.07) is 7.81. The number of anilines is 1. The highest BCUT2D eigenvalue weighted by Crippen LogP contribution is 2.52. The number of hydrogen-bond acceptors (Lipinski definition) is 4. The lowest BCUT2D eigenvalue weighted by Gasteiger charge is -2.42. The number of rotatable bonds is 8. The molecule has 0 spiro atoms. The number of ether oxygens (including phenoxy) is 1. The number of halogens is 1. The van der Waals surface area contributed by atoms with Gasteiger partial charge in [0.1, 0.15) is 5.75 Å². The number of carbonyl (C=O) groups is 1. The number of fused-ring (bicyclic) bond motifs is 2. The normalized spacial score (nSPS) is 25.2. The van der Waals surface area contributed by atoms with Crippen LogP contribution in [-0.4, -0.2) is 26.1 Å². The van der Waals surface area contributed by atoms with Gasteiger partial charge in [-0.25, -0.2) is 13.2 Å². The van der Waals surface area contributed by atoms with Crippen molar-refractivity contribution < 1.29 is 23.1 Å². The van der Waals surface area contributed by atoms with E-state index in [0.29, 0.717) is 58.7 Å². The van der Waals surface area contributed by atoms with E-state index in [0.717, 1.165) is 12.0 Å². The first-order valence-electron chi connectivity index (χ1n) is 14.6. The molecule has 2 N–H and O–H groups in total. The van der Waals surface area contributed by atoms with Crippen LogP contribution in [0.1, 0.15) is 99.0 Å². The third-order valence-electron chi connectivity index (χ3n) is 9.60. The van der Waals surface area contributed by atoms with Crippen molar-refractivity contribution in [3.05, 3.63) is 52.0 Å². The first-order valence-corrected chi connectivity index (χ1v) is 16.4. The van der Waals surface area contributed by atoms with Crippen LogP contribution in [0.5, 0.6) is 5.75 Å². The molecule has 0 amide bonds. The highest BCUT2D eigenvalue weighted by Gasteiger charge is 2.43. The predicted octanol–water partition coefficient (Wildman–Crippen LogP) is 7.87. The van der Waals surface area contributed by atoms with Crippen LogP contribution in [0.3, 0.4) is 0 Å². The Morgan fingerprint density at radius 2 is 1.82 bits per heavy atom. The van der Waals surface area contributed by atoms with E-state index in [9.17, 15) is 18.3 Å². The lowest BCUT2D eigenvalue weighted by Crippen LogP contribution is -2.35. The first kappa shape index (κ1) is 28.3. The van der Waals surface area contributed by atoms with Crippen molar-refractivity contribution >= 4 is 33.3 Å². The molecule has 3 aliphatic rings. The van der Waals surface area contributed by atoms with E-state index in [2.05, 4.69) is 11.6 Å². The van der Waals surface area contributed by atoms with Gasteiger partial charge in [-0.3, -0.25) is 4.72 Å². The molecule has 5 rings (SSSR count). The number of benzene rings is 2. The van der Waals surface area contributed by atoms with E-state index >= 15 is 0 Å². The van der Waals surface area contributed by atoms with Crippen LogP contribution in [0.15, 0.2) is 35.2 Å². The van der Waals surface area contributed by atoms with E-state index in [-0.39, 0.29) is 10.5 Å². The second kappa shape index (κ2) is 11.7. The van der Waals surface area contributed by atoms with Crippen molar-refractivity contribution in [3.8, 4) is 5.75 Å². The fourth-order valence-corrected chi connectivity index (χ4v) is 9.19. The summed E-state index contributed by atoms with van der Waals surface area (Å²) in [5.41, 5.74) is 2.23. The molecular weight excluding hydrogens is 534 g/mol. The van der Waals surface area contributed by atoms with Gasteiger partial charge in [0.15, 0.2) is 0 Å². The smallest absolute Gasteiger partial charge is 0.335 e. The van der Waals surface area contributed by atoms with Crippen LogP contribution in [0.4, 0.5) is 5.69 Å². The largest absolute Gasteiger partial charge is 0.492 e. The summed E-state index contributed by atoms with van der Waals surface area (Å²) in [7, 11) is -4.00. The van der Waals surface area contributed by atoms with Gasteiger partial charge in [-0.15, -0.1) is 0 Å². The van der Waals surface area contributed by atoms with Crippen molar-refractivity contribution in [1.82, 2.24) is 0 Å². The van der Waals surface area contributed by atoms with E-state index in [1.165, 1.54) is 70.3 Å². The van der Waals surface area contributed by atoms with Crippen LogP contribution < -0.4 is 9.46 Å². The molecular formula is C31H40ClNO5S. The maximum atomic E-state index is 13.3. The molecule has 39 heavy (non-hydrogen) atoms. The lowest BCUT2D eigenvalue weighted by atomic mass is 9.64. The fourth-order valence-electron chi connectivity index (χ4n) is 7.57. The van der Waals surface area contributed by atoms with Crippen molar-refractivity contribution in [2.45, 2.75) is 95.3 Å². The molecule has 0 aliphatic heterocycles. The van der Waals surface area contributed by atoms with Crippen LogP contribution in [0, 0.1) is 17.3 Å². The number of nitrogens with one attached hydrogen (secondary N) is 1. The Kier molecular flexibility index (Phi) is 8.48. The number of sulfonamides is 1. The highest BCUT2D eigenvalue weighted by atomic mass is 35.5. The average Bonchev–Trinajstić information content (AvgIpc) is 3.19. The van der Waals surface area contributed by atoms with Crippen LogP contribution in [-0.2, 0) is 22.9 Å². The van der Waals surface area contributed by atoms with E-state index < -0.39 is 16.0 Å². The molecule has 212 valence electrons. The summed E-state index contributed by atoms with van der Waals surface area (Å²) in [5.74, 6) is 0.608. The Bertz CT molecular complexity index is 1320. The zero-order chi connectivity index (χ0) is 27.6. The molecule has 3 unspecified atom stereocenters. The first-order chi connectivity index (χ1) is 18.7. The van der Waals surface area contributed by atoms with Gasteiger partial charge >= 0.3 is 5.97 Å². The highest BCUT2D eigenvalue weighted by molar-refractivity contribution is 7.92. The van der Waals surface area contributed by atoms with E-state index in [1.807, 2.05) is 0 Å². The summed E-state index contributed by atoms with van der Waals surface area (Å²) < 4.78 is 35.6. The topological polar surface area (TPSA) is 92.7 Å². The van der Waals surface area contributed by atoms with Crippen LogP contribution >= 0.6 is 11.6 Å². The Labute approximate surface area is 237 Å². The Morgan fingerprint density at radius 3 is 2.56 bits per heavy atom. The van der Waals surface area contributed by atoms with Gasteiger partial charge in [0.05, 0.1) is 27.8 Å². The van der Waals surface area contributed by atoms with Gasteiger partial charge in [0.2, 0.25) is 0 Å². The fraction of sp³-hybridized carbons (Fsp3) is 0.581. The van der Waals surface area contributed by atoms with Gasteiger partial charge < -0.3 is 9.84 Å². The molecule has 3 aliphatic carbocycles. The standard InChI is InChI=1S/C31H40ClNO5S/c1-2-31-15-6-3-4-12-26(31)22(9-5-7-16-31)20-38-28-14-13-24(19-27(28)32)33-39(36,37)29-18-23(30(34)35)17-21-10-8-11-25(21)29/h13-14,17-19,22,26,33H,2-12,15-16,20H2,1H3,(H,34,35). The van der Waals surface area contributed by atoms with Gasteiger partial charge in [0.25, 0.3) is 10.0 Å². The average molecular weight is 574 g/mol. The number of carboxylic acid groups (broad SMARTS) is 1. The van der Waals surface area contributed by atoms with Gasteiger partial charge in [0, 0.05) is 0 Å². The Morgan fingerprint density at radius 1 is 1.05 bits per heavy atom. The van der Waals surface area contributed by atoms with Crippen molar-refractivity contribution in [2.75, 3.05) is 11.3 Å².